The minimum atomic E-state index is -0.275. The highest BCUT2D eigenvalue weighted by atomic mass is 32.1. The SMILES string of the molecule is CC(NC(=O)c1csc(CN)n1)c1cn(-c2ccccc2)nn1. The molecule has 0 spiro atoms. The van der Waals surface area contributed by atoms with Crippen LogP contribution < -0.4 is 11.1 Å². The normalized spacial score (nSPS) is 12.1. The fourth-order valence-corrected chi connectivity index (χ4v) is 2.69. The van der Waals surface area contributed by atoms with E-state index in [0.717, 1.165) is 10.7 Å². The van der Waals surface area contributed by atoms with Crippen LogP contribution in [0.4, 0.5) is 0 Å². The second-order valence-corrected chi connectivity index (χ2v) is 5.89. The van der Waals surface area contributed by atoms with Crippen LogP contribution in [-0.2, 0) is 6.54 Å². The van der Waals surface area contributed by atoms with Crippen molar-refractivity contribution in [2.45, 2.75) is 19.5 Å². The van der Waals surface area contributed by atoms with E-state index in [2.05, 4.69) is 20.6 Å². The first-order valence-corrected chi connectivity index (χ1v) is 7.98. The Balaban J connectivity index is 1.70. The summed E-state index contributed by atoms with van der Waals surface area (Å²) in [7, 11) is 0. The summed E-state index contributed by atoms with van der Waals surface area (Å²) in [6.07, 6.45) is 1.80. The first-order chi connectivity index (χ1) is 11.2. The van der Waals surface area contributed by atoms with Crippen LogP contribution >= 0.6 is 11.3 Å². The van der Waals surface area contributed by atoms with Crippen LogP contribution in [0.1, 0.15) is 34.2 Å². The number of rotatable bonds is 5. The maximum Gasteiger partial charge on any atom is 0.271 e. The van der Waals surface area contributed by atoms with Gasteiger partial charge in [0.15, 0.2) is 0 Å². The molecular formula is C15H16N6OS. The van der Waals surface area contributed by atoms with E-state index < -0.39 is 0 Å². The minimum absolute atomic E-state index is 0.247. The van der Waals surface area contributed by atoms with Gasteiger partial charge in [0.1, 0.15) is 16.4 Å². The van der Waals surface area contributed by atoms with Gasteiger partial charge in [-0.2, -0.15) is 0 Å². The zero-order chi connectivity index (χ0) is 16.2. The van der Waals surface area contributed by atoms with Crippen molar-refractivity contribution in [3.63, 3.8) is 0 Å². The lowest BCUT2D eigenvalue weighted by molar-refractivity contribution is 0.0934. The number of nitrogens with one attached hydrogen (secondary N) is 1. The molecule has 0 bridgehead atoms. The first-order valence-electron chi connectivity index (χ1n) is 7.10. The molecule has 7 nitrogen and oxygen atoms in total. The van der Waals surface area contributed by atoms with Gasteiger partial charge in [-0.1, -0.05) is 23.4 Å². The van der Waals surface area contributed by atoms with Crippen molar-refractivity contribution in [1.82, 2.24) is 25.3 Å². The van der Waals surface area contributed by atoms with Crippen molar-refractivity contribution >= 4 is 17.2 Å². The molecule has 8 heteroatoms. The highest BCUT2D eigenvalue weighted by Gasteiger charge is 2.16. The van der Waals surface area contributed by atoms with Gasteiger partial charge in [0.2, 0.25) is 0 Å². The van der Waals surface area contributed by atoms with Crippen LogP contribution in [0.2, 0.25) is 0 Å². The van der Waals surface area contributed by atoms with E-state index >= 15 is 0 Å². The molecule has 1 amide bonds. The molecule has 2 heterocycles. The number of amides is 1. The molecule has 1 aromatic carbocycles. The van der Waals surface area contributed by atoms with Crippen molar-refractivity contribution in [3.05, 3.63) is 58.3 Å². The summed E-state index contributed by atoms with van der Waals surface area (Å²) < 4.78 is 1.67. The topological polar surface area (TPSA) is 98.7 Å². The van der Waals surface area contributed by atoms with Gasteiger partial charge >= 0.3 is 0 Å². The van der Waals surface area contributed by atoms with E-state index in [4.69, 9.17) is 5.73 Å². The van der Waals surface area contributed by atoms with Crippen LogP contribution in [0.3, 0.4) is 0 Å². The van der Waals surface area contributed by atoms with E-state index in [1.807, 2.05) is 37.3 Å². The summed E-state index contributed by atoms with van der Waals surface area (Å²) in [5.41, 5.74) is 7.47. The van der Waals surface area contributed by atoms with E-state index in [9.17, 15) is 4.79 Å². The average molecular weight is 328 g/mol. The zero-order valence-corrected chi connectivity index (χ0v) is 13.3. The smallest absolute Gasteiger partial charge is 0.271 e. The lowest BCUT2D eigenvalue weighted by atomic mass is 10.2. The molecule has 0 fully saturated rings. The average Bonchev–Trinajstić information content (AvgIpc) is 3.25. The molecule has 1 unspecified atom stereocenters. The Bertz CT molecular complexity index is 797. The summed E-state index contributed by atoms with van der Waals surface area (Å²) in [4.78, 5) is 16.3. The number of thiazole rings is 1. The van der Waals surface area contributed by atoms with E-state index in [1.54, 1.807) is 16.3 Å². The maximum absolute atomic E-state index is 12.2. The number of nitrogens with two attached hydrogens (primary N) is 1. The number of nitrogens with zero attached hydrogens (tertiary/aromatic N) is 4. The van der Waals surface area contributed by atoms with Gasteiger partial charge in [-0.05, 0) is 19.1 Å². The Morgan fingerprint density at radius 1 is 1.39 bits per heavy atom. The van der Waals surface area contributed by atoms with Crippen LogP contribution in [0.15, 0.2) is 41.9 Å². The predicted octanol–water partition coefficient (Wildman–Crippen LogP) is 1.67. The number of hydrogen-bond acceptors (Lipinski definition) is 6. The number of benzene rings is 1. The quantitative estimate of drug-likeness (QED) is 0.742. The lowest BCUT2D eigenvalue weighted by Gasteiger charge is -2.09. The number of hydrogen-bond donors (Lipinski definition) is 2. The Kier molecular flexibility index (Phi) is 4.45. The van der Waals surface area contributed by atoms with Gasteiger partial charge in [0.25, 0.3) is 5.91 Å². The third-order valence-electron chi connectivity index (χ3n) is 3.28. The lowest BCUT2D eigenvalue weighted by Crippen LogP contribution is -2.27. The van der Waals surface area contributed by atoms with Crippen LogP contribution in [0.5, 0.6) is 0 Å². The van der Waals surface area contributed by atoms with E-state index in [-0.39, 0.29) is 11.9 Å². The Hall–Kier alpha value is -2.58. The van der Waals surface area contributed by atoms with Crippen LogP contribution in [-0.4, -0.2) is 25.9 Å². The van der Waals surface area contributed by atoms with E-state index in [0.29, 0.717) is 17.9 Å². The number of aromatic nitrogens is 4. The van der Waals surface area contributed by atoms with E-state index in [1.165, 1.54) is 11.3 Å². The van der Waals surface area contributed by atoms with Gasteiger partial charge in [-0.3, -0.25) is 4.79 Å². The second kappa shape index (κ2) is 6.67. The summed E-state index contributed by atoms with van der Waals surface area (Å²) in [6.45, 7) is 2.19. The molecule has 2 aromatic heterocycles. The van der Waals surface area contributed by atoms with Gasteiger partial charge in [-0.25, -0.2) is 9.67 Å². The summed E-state index contributed by atoms with van der Waals surface area (Å²) in [5, 5.41) is 13.5. The van der Waals surface area contributed by atoms with Crippen molar-refractivity contribution in [1.29, 1.82) is 0 Å². The molecule has 3 aromatic rings. The van der Waals surface area contributed by atoms with Gasteiger partial charge in [-0.15, -0.1) is 16.4 Å². The molecule has 0 aliphatic carbocycles. The number of carbonyl (C=O) groups excluding carboxylic acids is 1. The molecule has 0 saturated carbocycles. The Labute approximate surface area is 137 Å². The number of carbonyl (C=O) groups is 1. The minimum Gasteiger partial charge on any atom is -0.342 e. The molecule has 1 atom stereocenters. The highest BCUT2D eigenvalue weighted by Crippen LogP contribution is 2.14. The standard InChI is InChI=1S/C15H16N6OS/c1-10(17-15(22)13-9-23-14(7-16)18-13)12-8-21(20-19-12)11-5-3-2-4-6-11/h2-6,8-10H,7,16H2,1H3,(H,17,22). The fraction of sp³-hybridized carbons (Fsp3) is 0.200. The summed E-state index contributed by atoms with van der Waals surface area (Å²) in [5.74, 6) is -0.247. The van der Waals surface area contributed by atoms with Gasteiger partial charge in [0.05, 0.1) is 17.9 Å². The van der Waals surface area contributed by atoms with Crippen molar-refractivity contribution < 1.29 is 4.79 Å². The van der Waals surface area contributed by atoms with Crippen LogP contribution in [0, 0.1) is 0 Å². The molecule has 3 N–H and O–H groups in total. The molecule has 118 valence electrons. The second-order valence-electron chi connectivity index (χ2n) is 4.95. The Morgan fingerprint density at radius 3 is 2.87 bits per heavy atom. The summed E-state index contributed by atoms with van der Waals surface area (Å²) >= 11 is 1.37. The van der Waals surface area contributed by atoms with Crippen molar-refractivity contribution in [2.24, 2.45) is 5.73 Å². The zero-order valence-electron chi connectivity index (χ0n) is 12.5. The van der Waals surface area contributed by atoms with Gasteiger partial charge < -0.3 is 11.1 Å². The summed E-state index contributed by atoms with van der Waals surface area (Å²) in [6, 6.07) is 9.39. The molecule has 0 aliphatic rings. The molecule has 3 rings (SSSR count). The Morgan fingerprint density at radius 2 is 2.17 bits per heavy atom. The fourth-order valence-electron chi connectivity index (χ4n) is 2.04. The monoisotopic (exact) mass is 328 g/mol. The number of para-hydroxylation sites is 1. The molecule has 23 heavy (non-hydrogen) atoms. The first kappa shape index (κ1) is 15.3. The largest absolute Gasteiger partial charge is 0.342 e. The third-order valence-corrected chi connectivity index (χ3v) is 4.15. The maximum atomic E-state index is 12.2. The predicted molar refractivity (Wildman–Crippen MR) is 87.2 cm³/mol. The molecule has 0 saturated heterocycles. The van der Waals surface area contributed by atoms with Gasteiger partial charge in [0, 0.05) is 11.9 Å². The molecule has 0 aliphatic heterocycles. The van der Waals surface area contributed by atoms with Crippen molar-refractivity contribution in [2.75, 3.05) is 0 Å². The molecule has 0 radical (unpaired) electrons. The highest BCUT2D eigenvalue weighted by molar-refractivity contribution is 7.09. The third kappa shape index (κ3) is 3.43. The molecular weight excluding hydrogens is 312 g/mol. The van der Waals surface area contributed by atoms with Crippen LogP contribution in [0.25, 0.3) is 5.69 Å². The van der Waals surface area contributed by atoms with Crippen molar-refractivity contribution in [3.8, 4) is 5.69 Å².